The predicted molar refractivity (Wildman–Crippen MR) is 83.3 cm³/mol. The van der Waals surface area contributed by atoms with Gasteiger partial charge in [0.2, 0.25) is 0 Å². The third kappa shape index (κ3) is 4.16. The van der Waals surface area contributed by atoms with Crippen LogP contribution < -0.4 is 0 Å². The molecular weight excluding hydrogens is 346 g/mol. The van der Waals surface area contributed by atoms with Crippen LogP contribution in [0, 0.1) is 0 Å². The van der Waals surface area contributed by atoms with Gasteiger partial charge in [0, 0.05) is 13.1 Å². The molecule has 0 aromatic rings. The molecule has 1 saturated heterocycles. The maximum absolute atomic E-state index is 12.6. The molecule has 1 aliphatic heterocycles. The highest BCUT2D eigenvalue weighted by atomic mass is 32.2. The Labute approximate surface area is 137 Å². The van der Waals surface area contributed by atoms with Crippen molar-refractivity contribution in [1.82, 2.24) is 4.90 Å². The highest BCUT2D eigenvalue weighted by Gasteiger charge is 2.60. The molecule has 0 atom stereocenters. The molecule has 2 rings (SSSR count). The molecule has 134 valence electrons. The van der Waals surface area contributed by atoms with Crippen LogP contribution in [-0.2, 0) is 28.9 Å². The van der Waals surface area contributed by atoms with E-state index in [4.69, 9.17) is 4.74 Å². The van der Waals surface area contributed by atoms with Crippen LogP contribution in [0.1, 0.15) is 33.6 Å². The number of hydrogen-bond donors (Lipinski definition) is 0. The molecule has 10 heteroatoms. The lowest BCUT2D eigenvalue weighted by atomic mass is 10.2. The van der Waals surface area contributed by atoms with E-state index in [-0.39, 0.29) is 19.7 Å². The fourth-order valence-electron chi connectivity index (χ4n) is 2.33. The Morgan fingerprint density at radius 1 is 1.17 bits per heavy atom. The van der Waals surface area contributed by atoms with E-state index in [9.17, 15) is 21.6 Å². The number of sulfone groups is 1. The van der Waals surface area contributed by atoms with Gasteiger partial charge in [-0.05, 0) is 33.6 Å². The summed E-state index contributed by atoms with van der Waals surface area (Å²) in [6.07, 6.45) is 1.12. The van der Waals surface area contributed by atoms with Crippen molar-refractivity contribution in [2.75, 3.05) is 26.0 Å². The standard InChI is InChI=1S/C13H23NO7S2/c1-12(2,3)21-11(15)14-7-10(8-14)23(18,19)13(5-6-13)9-20-22(4,16)17/h10H,5-9H2,1-4H3. The molecule has 1 heterocycles. The van der Waals surface area contributed by atoms with Crippen molar-refractivity contribution in [2.24, 2.45) is 0 Å². The van der Waals surface area contributed by atoms with Gasteiger partial charge in [-0.2, -0.15) is 8.42 Å². The molecule has 8 nitrogen and oxygen atoms in total. The minimum absolute atomic E-state index is 0.0673. The zero-order chi connectivity index (χ0) is 17.7. The maximum Gasteiger partial charge on any atom is 0.410 e. The van der Waals surface area contributed by atoms with Crippen molar-refractivity contribution in [3.05, 3.63) is 0 Å². The van der Waals surface area contributed by atoms with E-state index in [0.29, 0.717) is 12.8 Å². The second-order valence-corrected chi connectivity index (χ2v) is 11.5. The third-order valence-electron chi connectivity index (χ3n) is 3.89. The van der Waals surface area contributed by atoms with Gasteiger partial charge in [0.1, 0.15) is 5.60 Å². The summed E-state index contributed by atoms with van der Waals surface area (Å²) in [6, 6.07) is 0. The fourth-order valence-corrected chi connectivity index (χ4v) is 5.20. The summed E-state index contributed by atoms with van der Waals surface area (Å²) in [7, 11) is -7.25. The average molecular weight is 369 g/mol. The highest BCUT2D eigenvalue weighted by Crippen LogP contribution is 2.47. The molecule has 2 aliphatic rings. The number of amides is 1. The van der Waals surface area contributed by atoms with E-state index in [0.717, 1.165) is 6.26 Å². The maximum atomic E-state index is 12.6. The molecule has 23 heavy (non-hydrogen) atoms. The van der Waals surface area contributed by atoms with Crippen LogP contribution in [0.2, 0.25) is 0 Å². The van der Waals surface area contributed by atoms with E-state index >= 15 is 0 Å². The Bertz CT molecular complexity index is 680. The first-order valence-electron chi connectivity index (χ1n) is 7.32. The summed E-state index contributed by atoms with van der Waals surface area (Å²) in [4.78, 5) is 13.2. The van der Waals surface area contributed by atoms with Crippen LogP contribution in [0.15, 0.2) is 0 Å². The zero-order valence-electron chi connectivity index (χ0n) is 13.7. The van der Waals surface area contributed by atoms with E-state index in [1.165, 1.54) is 4.90 Å². The Kier molecular flexibility index (Phi) is 4.49. The van der Waals surface area contributed by atoms with Gasteiger partial charge in [-0.15, -0.1) is 0 Å². The lowest BCUT2D eigenvalue weighted by Crippen LogP contribution is -2.60. The Hall–Kier alpha value is -0.870. The van der Waals surface area contributed by atoms with E-state index in [1.54, 1.807) is 20.8 Å². The SMILES string of the molecule is CC(C)(C)OC(=O)N1CC(S(=O)(=O)C2(COS(C)(=O)=O)CC2)C1. The predicted octanol–water partition coefficient (Wildman–Crippen LogP) is 0.529. The minimum atomic E-state index is -3.69. The zero-order valence-corrected chi connectivity index (χ0v) is 15.4. The van der Waals surface area contributed by atoms with Gasteiger partial charge < -0.3 is 9.64 Å². The lowest BCUT2D eigenvalue weighted by molar-refractivity contribution is 0.0138. The number of carbonyl (C=O) groups is 1. The number of hydrogen-bond acceptors (Lipinski definition) is 7. The first-order chi connectivity index (χ1) is 10.3. The third-order valence-corrected chi connectivity index (χ3v) is 7.34. The summed E-state index contributed by atoms with van der Waals surface area (Å²) in [5.41, 5.74) is -0.637. The fraction of sp³-hybridized carbons (Fsp3) is 0.923. The van der Waals surface area contributed by atoms with Crippen molar-refractivity contribution in [3.63, 3.8) is 0 Å². The molecule has 0 spiro atoms. The summed E-state index contributed by atoms with van der Waals surface area (Å²) >= 11 is 0. The largest absolute Gasteiger partial charge is 0.444 e. The lowest BCUT2D eigenvalue weighted by Gasteiger charge is -2.40. The number of carbonyl (C=O) groups excluding carboxylic acids is 1. The van der Waals surface area contributed by atoms with Crippen molar-refractivity contribution in [2.45, 2.75) is 49.2 Å². The molecule has 0 bridgehead atoms. The van der Waals surface area contributed by atoms with Gasteiger partial charge in [0.05, 0.1) is 22.9 Å². The first-order valence-corrected chi connectivity index (χ1v) is 10.7. The highest BCUT2D eigenvalue weighted by molar-refractivity contribution is 7.94. The normalized spacial score (nSPS) is 21.7. The van der Waals surface area contributed by atoms with Crippen molar-refractivity contribution >= 4 is 26.0 Å². The van der Waals surface area contributed by atoms with Gasteiger partial charge in [0.15, 0.2) is 9.84 Å². The van der Waals surface area contributed by atoms with Crippen LogP contribution in [0.4, 0.5) is 4.79 Å². The summed E-state index contributed by atoms with van der Waals surface area (Å²) < 4.78 is 56.1. The number of ether oxygens (including phenoxy) is 1. The quantitative estimate of drug-likeness (QED) is 0.651. The Morgan fingerprint density at radius 2 is 1.70 bits per heavy atom. The average Bonchev–Trinajstić information content (AvgIpc) is 3.00. The van der Waals surface area contributed by atoms with Gasteiger partial charge in [0.25, 0.3) is 10.1 Å². The van der Waals surface area contributed by atoms with Crippen LogP contribution in [0.25, 0.3) is 0 Å². The first kappa shape index (κ1) is 18.5. The van der Waals surface area contributed by atoms with Crippen LogP contribution >= 0.6 is 0 Å². The monoisotopic (exact) mass is 369 g/mol. The number of nitrogens with zero attached hydrogens (tertiary/aromatic N) is 1. The molecule has 1 saturated carbocycles. The minimum Gasteiger partial charge on any atom is -0.444 e. The molecule has 0 aromatic heterocycles. The second-order valence-electron chi connectivity index (χ2n) is 7.20. The molecule has 0 aromatic carbocycles. The topological polar surface area (TPSA) is 107 Å². The molecule has 1 aliphatic carbocycles. The molecular formula is C13H23NO7S2. The molecule has 2 fully saturated rings. The van der Waals surface area contributed by atoms with E-state index < -0.39 is 41.6 Å². The molecule has 0 radical (unpaired) electrons. The van der Waals surface area contributed by atoms with Gasteiger partial charge >= 0.3 is 6.09 Å². The van der Waals surface area contributed by atoms with Gasteiger partial charge in [-0.25, -0.2) is 13.2 Å². The number of rotatable bonds is 5. The van der Waals surface area contributed by atoms with Crippen molar-refractivity contribution < 1.29 is 30.6 Å². The summed E-state index contributed by atoms with van der Waals surface area (Å²) in [5, 5.41) is -0.694. The number of likely N-dealkylation sites (tertiary alicyclic amines) is 1. The Morgan fingerprint density at radius 3 is 2.09 bits per heavy atom. The Balaban J connectivity index is 1.95. The molecule has 1 amide bonds. The van der Waals surface area contributed by atoms with Gasteiger partial charge in [-0.3, -0.25) is 4.18 Å². The van der Waals surface area contributed by atoms with E-state index in [1.807, 2.05) is 0 Å². The van der Waals surface area contributed by atoms with Crippen LogP contribution in [0.3, 0.4) is 0 Å². The van der Waals surface area contributed by atoms with E-state index in [2.05, 4.69) is 4.18 Å². The summed E-state index contributed by atoms with van der Waals surface area (Å²) in [5.74, 6) is 0. The molecule has 0 N–H and O–H groups in total. The van der Waals surface area contributed by atoms with Gasteiger partial charge in [-0.1, -0.05) is 0 Å². The summed E-state index contributed by atoms with van der Waals surface area (Å²) in [6.45, 7) is 4.99. The van der Waals surface area contributed by atoms with Crippen LogP contribution in [0.5, 0.6) is 0 Å². The second kappa shape index (κ2) is 5.59. The van der Waals surface area contributed by atoms with Crippen molar-refractivity contribution in [3.8, 4) is 0 Å². The molecule has 0 unspecified atom stereocenters. The van der Waals surface area contributed by atoms with Crippen LogP contribution in [-0.4, -0.2) is 69.4 Å². The van der Waals surface area contributed by atoms with Crippen molar-refractivity contribution in [1.29, 1.82) is 0 Å². The smallest absolute Gasteiger partial charge is 0.410 e.